The Labute approximate surface area is 201 Å². The first-order valence-corrected chi connectivity index (χ1v) is 12.1. The molecule has 0 bridgehead atoms. The number of nitrogens with zero attached hydrogens (tertiary/aromatic N) is 4. The summed E-state index contributed by atoms with van der Waals surface area (Å²) in [4.78, 5) is 36.5. The van der Waals surface area contributed by atoms with Crippen LogP contribution < -0.4 is 10.2 Å². The molecule has 1 unspecified atom stereocenters. The van der Waals surface area contributed by atoms with Crippen molar-refractivity contribution in [1.29, 1.82) is 0 Å². The standard InChI is InChI=1S/C25H25N5O3S/c31-23(10-12-29-13-11-26-17-29)27-19-6-3-5-18(15-19)24(32)30(16-20-7-4-14-33-20)25-28-21-8-1-2-9-22(21)34-25/h1-3,5-6,8-9,11,13,15,17,20H,4,7,10,12,14,16H2,(H,27,31). The Bertz CT molecular complexity index is 1250. The number of aromatic nitrogens is 3. The minimum atomic E-state index is -0.163. The highest BCUT2D eigenvalue weighted by atomic mass is 32.1. The molecule has 2 amide bonds. The van der Waals surface area contributed by atoms with Gasteiger partial charge in [-0.3, -0.25) is 14.5 Å². The largest absolute Gasteiger partial charge is 0.376 e. The molecule has 1 aliphatic rings. The number of nitrogens with one attached hydrogen (secondary N) is 1. The van der Waals surface area contributed by atoms with Gasteiger partial charge in [-0.2, -0.15) is 0 Å². The van der Waals surface area contributed by atoms with Gasteiger partial charge in [-0.05, 0) is 43.2 Å². The molecule has 1 N–H and O–H groups in total. The van der Waals surface area contributed by atoms with Crippen molar-refractivity contribution in [2.45, 2.75) is 31.9 Å². The van der Waals surface area contributed by atoms with E-state index in [-0.39, 0.29) is 17.9 Å². The van der Waals surface area contributed by atoms with E-state index in [1.807, 2.05) is 35.0 Å². The molecule has 8 nitrogen and oxygen atoms in total. The fourth-order valence-electron chi connectivity index (χ4n) is 3.97. The van der Waals surface area contributed by atoms with Gasteiger partial charge in [0.05, 0.1) is 29.2 Å². The molecule has 0 spiro atoms. The number of anilines is 2. The number of rotatable bonds is 8. The molecule has 3 heterocycles. The van der Waals surface area contributed by atoms with E-state index < -0.39 is 0 Å². The molecule has 174 valence electrons. The molecule has 34 heavy (non-hydrogen) atoms. The third-order valence-corrected chi connectivity index (χ3v) is 6.78. The fraction of sp³-hybridized carbons (Fsp3) is 0.280. The van der Waals surface area contributed by atoms with Crippen molar-refractivity contribution in [1.82, 2.24) is 14.5 Å². The SMILES string of the molecule is O=C(CCn1ccnc1)Nc1cccc(C(=O)N(CC2CCCO2)c2nc3ccccc3s2)c1. The zero-order chi connectivity index (χ0) is 23.3. The first-order chi connectivity index (χ1) is 16.7. The second-order valence-corrected chi connectivity index (χ2v) is 9.20. The summed E-state index contributed by atoms with van der Waals surface area (Å²) in [5.41, 5.74) is 1.94. The van der Waals surface area contributed by atoms with Crippen molar-refractivity contribution in [3.05, 3.63) is 72.8 Å². The van der Waals surface area contributed by atoms with Crippen molar-refractivity contribution in [2.24, 2.45) is 0 Å². The lowest BCUT2D eigenvalue weighted by atomic mass is 10.1. The van der Waals surface area contributed by atoms with Crippen LogP contribution in [0.1, 0.15) is 29.6 Å². The van der Waals surface area contributed by atoms with Gasteiger partial charge in [-0.15, -0.1) is 0 Å². The molecule has 1 aliphatic heterocycles. The van der Waals surface area contributed by atoms with Gasteiger partial charge in [-0.25, -0.2) is 9.97 Å². The second-order valence-electron chi connectivity index (χ2n) is 8.19. The number of amides is 2. The van der Waals surface area contributed by atoms with E-state index in [0.29, 0.717) is 42.5 Å². The van der Waals surface area contributed by atoms with E-state index in [1.165, 1.54) is 11.3 Å². The molecule has 4 aromatic rings. The van der Waals surface area contributed by atoms with Crippen LogP contribution >= 0.6 is 11.3 Å². The van der Waals surface area contributed by atoms with Crippen molar-refractivity contribution in [2.75, 3.05) is 23.4 Å². The third-order valence-electron chi connectivity index (χ3n) is 5.72. The number of para-hydroxylation sites is 1. The monoisotopic (exact) mass is 475 g/mol. The minimum absolute atomic E-state index is 0.0120. The van der Waals surface area contributed by atoms with E-state index >= 15 is 0 Å². The van der Waals surface area contributed by atoms with Gasteiger partial charge >= 0.3 is 0 Å². The van der Waals surface area contributed by atoms with E-state index in [1.54, 1.807) is 41.7 Å². The molecular weight excluding hydrogens is 450 g/mol. The molecule has 0 saturated carbocycles. The lowest BCUT2D eigenvalue weighted by Crippen LogP contribution is -2.37. The number of aryl methyl sites for hydroxylation is 1. The number of hydrogen-bond donors (Lipinski definition) is 1. The summed E-state index contributed by atoms with van der Waals surface area (Å²) in [6.45, 7) is 1.70. The minimum Gasteiger partial charge on any atom is -0.376 e. The van der Waals surface area contributed by atoms with Gasteiger partial charge in [0.25, 0.3) is 5.91 Å². The molecule has 9 heteroatoms. The Morgan fingerprint density at radius 2 is 2.12 bits per heavy atom. The smallest absolute Gasteiger partial charge is 0.260 e. The Morgan fingerprint density at radius 3 is 2.91 bits per heavy atom. The van der Waals surface area contributed by atoms with E-state index in [2.05, 4.69) is 10.3 Å². The highest BCUT2D eigenvalue weighted by molar-refractivity contribution is 7.22. The summed E-state index contributed by atoms with van der Waals surface area (Å²) in [7, 11) is 0. The fourth-order valence-corrected chi connectivity index (χ4v) is 4.95. The predicted octanol–water partition coefficient (Wildman–Crippen LogP) is 4.35. The number of benzene rings is 2. The van der Waals surface area contributed by atoms with Gasteiger partial charge in [0.1, 0.15) is 0 Å². The van der Waals surface area contributed by atoms with Crippen LogP contribution in [0.5, 0.6) is 0 Å². The van der Waals surface area contributed by atoms with Crippen molar-refractivity contribution in [3.8, 4) is 0 Å². The average Bonchev–Trinajstić information content (AvgIpc) is 3.63. The summed E-state index contributed by atoms with van der Waals surface area (Å²) in [5.74, 6) is -0.287. The van der Waals surface area contributed by atoms with Crippen LogP contribution in [0.3, 0.4) is 0 Å². The summed E-state index contributed by atoms with van der Waals surface area (Å²) in [6.07, 6.45) is 7.39. The zero-order valence-electron chi connectivity index (χ0n) is 18.6. The molecule has 1 saturated heterocycles. The molecule has 2 aromatic heterocycles. The van der Waals surface area contributed by atoms with E-state index in [4.69, 9.17) is 9.72 Å². The lowest BCUT2D eigenvalue weighted by Gasteiger charge is -2.23. The summed E-state index contributed by atoms with van der Waals surface area (Å²) in [5, 5.41) is 3.54. The highest BCUT2D eigenvalue weighted by Crippen LogP contribution is 2.31. The average molecular weight is 476 g/mol. The van der Waals surface area contributed by atoms with Crippen LogP contribution in [0.15, 0.2) is 67.3 Å². The topological polar surface area (TPSA) is 89.4 Å². The van der Waals surface area contributed by atoms with Crippen molar-refractivity contribution >= 4 is 44.2 Å². The number of hydrogen-bond acceptors (Lipinski definition) is 6. The maximum Gasteiger partial charge on any atom is 0.260 e. The number of fused-ring (bicyclic) bond motifs is 1. The highest BCUT2D eigenvalue weighted by Gasteiger charge is 2.27. The predicted molar refractivity (Wildman–Crippen MR) is 132 cm³/mol. The Kier molecular flexibility index (Phi) is 6.64. The number of ether oxygens (including phenoxy) is 1. The van der Waals surface area contributed by atoms with Gasteiger partial charge in [-0.1, -0.05) is 29.5 Å². The Hall–Kier alpha value is -3.56. The maximum atomic E-state index is 13.6. The van der Waals surface area contributed by atoms with Crippen molar-refractivity contribution < 1.29 is 14.3 Å². The molecule has 1 fully saturated rings. The molecule has 2 aromatic carbocycles. The normalized spacial score (nSPS) is 15.5. The number of carbonyl (C=O) groups excluding carboxylic acids is 2. The van der Waals surface area contributed by atoms with Crippen LogP contribution in [0.25, 0.3) is 10.2 Å². The van der Waals surface area contributed by atoms with Gasteiger partial charge in [0, 0.05) is 43.2 Å². The zero-order valence-corrected chi connectivity index (χ0v) is 19.4. The molecule has 1 atom stereocenters. The first kappa shape index (κ1) is 22.2. The molecule has 0 aliphatic carbocycles. The second kappa shape index (κ2) is 10.1. The van der Waals surface area contributed by atoms with E-state index in [9.17, 15) is 9.59 Å². The number of imidazole rings is 1. The summed E-state index contributed by atoms with van der Waals surface area (Å²) in [6, 6.07) is 14.9. The Balaban J connectivity index is 1.34. The number of carbonyl (C=O) groups is 2. The van der Waals surface area contributed by atoms with Gasteiger partial charge in [0.2, 0.25) is 5.91 Å². The van der Waals surface area contributed by atoms with Crippen LogP contribution in [0, 0.1) is 0 Å². The van der Waals surface area contributed by atoms with Gasteiger partial charge < -0.3 is 14.6 Å². The quantitative estimate of drug-likeness (QED) is 0.409. The Morgan fingerprint density at radius 1 is 1.21 bits per heavy atom. The van der Waals surface area contributed by atoms with Crippen LogP contribution in [-0.2, 0) is 16.1 Å². The van der Waals surface area contributed by atoms with E-state index in [0.717, 1.165) is 23.1 Å². The van der Waals surface area contributed by atoms with Crippen LogP contribution in [0.2, 0.25) is 0 Å². The molecule has 5 rings (SSSR count). The molecule has 0 radical (unpaired) electrons. The maximum absolute atomic E-state index is 13.6. The van der Waals surface area contributed by atoms with Crippen LogP contribution in [-0.4, -0.2) is 45.6 Å². The lowest BCUT2D eigenvalue weighted by molar-refractivity contribution is -0.116. The van der Waals surface area contributed by atoms with Crippen LogP contribution in [0.4, 0.5) is 10.8 Å². The van der Waals surface area contributed by atoms with Gasteiger partial charge in [0.15, 0.2) is 5.13 Å². The third kappa shape index (κ3) is 5.16. The molecular formula is C25H25N5O3S. The first-order valence-electron chi connectivity index (χ1n) is 11.3. The summed E-state index contributed by atoms with van der Waals surface area (Å²) < 4.78 is 8.70. The number of thiazole rings is 1. The summed E-state index contributed by atoms with van der Waals surface area (Å²) >= 11 is 1.49. The van der Waals surface area contributed by atoms with Crippen molar-refractivity contribution in [3.63, 3.8) is 0 Å².